The van der Waals surface area contributed by atoms with Gasteiger partial charge in [0.15, 0.2) is 5.58 Å². The molecule has 0 unspecified atom stereocenters. The molecule has 0 amide bonds. The third-order valence-electron chi connectivity index (χ3n) is 3.25. The van der Waals surface area contributed by atoms with Crippen molar-refractivity contribution < 1.29 is 4.52 Å². The van der Waals surface area contributed by atoms with Crippen molar-refractivity contribution in [2.45, 2.75) is 19.8 Å². The Morgan fingerprint density at radius 2 is 1.67 bits per heavy atom. The van der Waals surface area contributed by atoms with Crippen LogP contribution < -0.4 is 0 Å². The summed E-state index contributed by atoms with van der Waals surface area (Å²) in [5.74, 6) is 0. The largest absolute Gasteiger partial charge is 0.356 e. The molecule has 0 N–H and O–H groups in total. The van der Waals surface area contributed by atoms with Gasteiger partial charge in [0.05, 0.1) is 5.69 Å². The fourth-order valence-electron chi connectivity index (χ4n) is 2.15. The molecular weight excluding hydrogens is 222 g/mol. The molecule has 0 aliphatic carbocycles. The second-order valence-corrected chi connectivity index (χ2v) is 4.47. The fourth-order valence-corrected chi connectivity index (χ4v) is 2.15. The zero-order valence-electron chi connectivity index (χ0n) is 10.4. The third kappa shape index (κ3) is 2.02. The van der Waals surface area contributed by atoms with Gasteiger partial charge in [0.2, 0.25) is 0 Å². The highest BCUT2D eigenvalue weighted by atomic mass is 16.5. The van der Waals surface area contributed by atoms with Gasteiger partial charge in [-0.05, 0) is 29.7 Å². The van der Waals surface area contributed by atoms with Gasteiger partial charge in [-0.25, -0.2) is 0 Å². The lowest BCUT2D eigenvalue weighted by Gasteiger charge is -2.00. The van der Waals surface area contributed by atoms with Crippen LogP contribution in [-0.4, -0.2) is 5.16 Å². The minimum absolute atomic E-state index is 0.820. The molecule has 0 bridgehead atoms. The smallest absolute Gasteiger partial charge is 0.167 e. The highest BCUT2D eigenvalue weighted by molar-refractivity contribution is 5.79. The maximum absolute atomic E-state index is 5.32. The fraction of sp³-hybridized carbons (Fsp3) is 0.188. The molecule has 0 saturated heterocycles. The average molecular weight is 237 g/mol. The van der Waals surface area contributed by atoms with Crippen molar-refractivity contribution in [3.05, 3.63) is 65.4 Å². The molecule has 3 rings (SSSR count). The molecule has 0 radical (unpaired) electrons. The normalized spacial score (nSPS) is 10.9. The van der Waals surface area contributed by atoms with Crippen molar-refractivity contribution in [3.8, 4) is 0 Å². The number of rotatable bonds is 3. The predicted molar refractivity (Wildman–Crippen MR) is 72.6 cm³/mol. The topological polar surface area (TPSA) is 26.0 Å². The molecule has 0 spiro atoms. The summed E-state index contributed by atoms with van der Waals surface area (Å²) >= 11 is 0. The summed E-state index contributed by atoms with van der Waals surface area (Å²) in [6.45, 7) is 2.17. The quantitative estimate of drug-likeness (QED) is 0.688. The molecule has 0 atom stereocenters. The zero-order valence-corrected chi connectivity index (χ0v) is 10.4. The van der Waals surface area contributed by atoms with Gasteiger partial charge in [0.1, 0.15) is 0 Å². The van der Waals surface area contributed by atoms with Crippen LogP contribution in [0.15, 0.2) is 53.1 Å². The van der Waals surface area contributed by atoms with Crippen molar-refractivity contribution in [3.63, 3.8) is 0 Å². The Morgan fingerprint density at radius 1 is 0.944 bits per heavy atom. The summed E-state index contributed by atoms with van der Waals surface area (Å²) in [7, 11) is 0. The van der Waals surface area contributed by atoms with E-state index in [2.05, 4.69) is 42.4 Å². The number of fused-ring (bicyclic) bond motifs is 1. The molecule has 0 aliphatic rings. The summed E-state index contributed by atoms with van der Waals surface area (Å²) in [5.41, 5.74) is 4.50. The van der Waals surface area contributed by atoms with Crippen LogP contribution in [-0.2, 0) is 12.8 Å². The maximum atomic E-state index is 5.32. The second kappa shape index (κ2) is 4.65. The number of benzene rings is 2. The van der Waals surface area contributed by atoms with E-state index in [0.29, 0.717) is 0 Å². The first-order valence-corrected chi connectivity index (χ1v) is 6.28. The Balaban J connectivity index is 1.91. The van der Waals surface area contributed by atoms with Crippen molar-refractivity contribution in [1.82, 2.24) is 5.16 Å². The van der Waals surface area contributed by atoms with Crippen LogP contribution in [0.5, 0.6) is 0 Å². The molecule has 0 aliphatic heterocycles. The van der Waals surface area contributed by atoms with Crippen LogP contribution in [0, 0.1) is 0 Å². The van der Waals surface area contributed by atoms with Crippen molar-refractivity contribution in [2.24, 2.45) is 0 Å². The van der Waals surface area contributed by atoms with Gasteiger partial charge < -0.3 is 4.52 Å². The van der Waals surface area contributed by atoms with E-state index in [0.717, 1.165) is 29.5 Å². The molecule has 0 fully saturated rings. The minimum atomic E-state index is 0.820. The van der Waals surface area contributed by atoms with Gasteiger partial charge in [0.25, 0.3) is 0 Å². The van der Waals surface area contributed by atoms with Gasteiger partial charge >= 0.3 is 0 Å². The first kappa shape index (κ1) is 11.0. The van der Waals surface area contributed by atoms with E-state index in [1.54, 1.807) is 0 Å². The molecule has 3 aromatic rings. The highest BCUT2D eigenvalue weighted by Gasteiger charge is 2.07. The van der Waals surface area contributed by atoms with Crippen LogP contribution in [0.1, 0.15) is 23.7 Å². The molecule has 1 aromatic heterocycles. The Hall–Kier alpha value is -2.09. The van der Waals surface area contributed by atoms with Gasteiger partial charge in [-0.2, -0.15) is 0 Å². The molecular formula is C16H15NO. The summed E-state index contributed by atoms with van der Waals surface area (Å²) in [6, 6.07) is 16.7. The summed E-state index contributed by atoms with van der Waals surface area (Å²) in [6.07, 6.45) is 1.90. The Morgan fingerprint density at radius 3 is 2.44 bits per heavy atom. The predicted octanol–water partition coefficient (Wildman–Crippen LogP) is 3.98. The van der Waals surface area contributed by atoms with E-state index in [9.17, 15) is 0 Å². The second-order valence-electron chi connectivity index (χ2n) is 4.47. The van der Waals surface area contributed by atoms with Gasteiger partial charge in [-0.3, -0.25) is 0 Å². The lowest BCUT2D eigenvalue weighted by atomic mass is 10.0. The molecule has 90 valence electrons. The monoisotopic (exact) mass is 237 g/mol. The first-order chi connectivity index (χ1) is 8.86. The van der Waals surface area contributed by atoms with Gasteiger partial charge in [-0.1, -0.05) is 48.5 Å². The lowest BCUT2D eigenvalue weighted by Crippen LogP contribution is -1.89. The zero-order chi connectivity index (χ0) is 12.4. The Labute approximate surface area is 106 Å². The molecule has 0 saturated carbocycles. The van der Waals surface area contributed by atoms with Crippen LogP contribution in [0.4, 0.5) is 0 Å². The maximum Gasteiger partial charge on any atom is 0.167 e. The third-order valence-corrected chi connectivity index (χ3v) is 3.25. The number of aromatic nitrogens is 1. The number of hydrogen-bond acceptors (Lipinski definition) is 2. The minimum Gasteiger partial charge on any atom is -0.356 e. The number of hydrogen-bond donors (Lipinski definition) is 0. The molecule has 2 nitrogen and oxygen atoms in total. The van der Waals surface area contributed by atoms with E-state index in [4.69, 9.17) is 4.52 Å². The van der Waals surface area contributed by atoms with E-state index in [1.165, 1.54) is 11.1 Å². The molecule has 18 heavy (non-hydrogen) atoms. The highest BCUT2D eigenvalue weighted by Crippen LogP contribution is 2.20. The first-order valence-electron chi connectivity index (χ1n) is 6.28. The summed E-state index contributed by atoms with van der Waals surface area (Å²) < 4.78 is 5.32. The van der Waals surface area contributed by atoms with Gasteiger partial charge in [-0.15, -0.1) is 0 Å². The van der Waals surface area contributed by atoms with E-state index < -0.39 is 0 Å². The summed E-state index contributed by atoms with van der Waals surface area (Å²) in [4.78, 5) is 0. The SMILES string of the molecule is CCc1ccc(Cc2noc3ccccc23)cc1. The van der Waals surface area contributed by atoms with Crippen LogP contribution in [0.3, 0.4) is 0 Å². The summed E-state index contributed by atoms with van der Waals surface area (Å²) in [5, 5.41) is 5.27. The van der Waals surface area contributed by atoms with Crippen LogP contribution >= 0.6 is 0 Å². The molecule has 2 aromatic carbocycles. The lowest BCUT2D eigenvalue weighted by molar-refractivity contribution is 0.448. The van der Waals surface area contributed by atoms with Crippen molar-refractivity contribution in [2.75, 3.05) is 0 Å². The average Bonchev–Trinajstić information content (AvgIpc) is 2.83. The van der Waals surface area contributed by atoms with Gasteiger partial charge in [0, 0.05) is 11.8 Å². The molecule has 1 heterocycles. The van der Waals surface area contributed by atoms with E-state index in [1.807, 2.05) is 18.2 Å². The van der Waals surface area contributed by atoms with Crippen molar-refractivity contribution >= 4 is 11.0 Å². The standard InChI is InChI=1S/C16H15NO/c1-2-12-7-9-13(10-8-12)11-15-14-5-3-4-6-16(14)18-17-15/h3-10H,2,11H2,1H3. The number of aryl methyl sites for hydroxylation is 1. The van der Waals surface area contributed by atoms with Crippen molar-refractivity contribution in [1.29, 1.82) is 0 Å². The van der Waals surface area contributed by atoms with Crippen LogP contribution in [0.2, 0.25) is 0 Å². The number of nitrogens with zero attached hydrogens (tertiary/aromatic N) is 1. The Bertz CT molecular complexity index is 652. The van der Waals surface area contributed by atoms with Crippen LogP contribution in [0.25, 0.3) is 11.0 Å². The molecule has 2 heteroatoms. The van der Waals surface area contributed by atoms with E-state index in [-0.39, 0.29) is 0 Å². The number of para-hydroxylation sites is 1. The van der Waals surface area contributed by atoms with E-state index >= 15 is 0 Å². The Kier molecular flexibility index (Phi) is 2.85.